The van der Waals surface area contributed by atoms with E-state index in [-0.39, 0.29) is 23.0 Å². The summed E-state index contributed by atoms with van der Waals surface area (Å²) in [5.41, 5.74) is 0. The fourth-order valence-corrected chi connectivity index (χ4v) is 4.49. The van der Waals surface area contributed by atoms with Crippen molar-refractivity contribution in [3.63, 3.8) is 0 Å². The number of rotatable bonds is 8. The first-order valence-corrected chi connectivity index (χ1v) is 10.7. The van der Waals surface area contributed by atoms with Gasteiger partial charge in [-0.1, -0.05) is 23.2 Å². The average molecular weight is 433 g/mol. The Morgan fingerprint density at radius 1 is 1.33 bits per heavy atom. The van der Waals surface area contributed by atoms with E-state index in [0.29, 0.717) is 49.1 Å². The predicted molar refractivity (Wildman–Crippen MR) is 111 cm³/mol. The van der Waals surface area contributed by atoms with E-state index in [2.05, 4.69) is 5.32 Å². The number of amides is 2. The Morgan fingerprint density at radius 2 is 2.04 bits per heavy atom. The Morgan fingerprint density at radius 3 is 2.70 bits per heavy atom. The number of carbonyl (C=O) groups excluding carboxylic acids is 2. The first-order chi connectivity index (χ1) is 12.9. The molecule has 1 unspecified atom stereocenters. The van der Waals surface area contributed by atoms with E-state index in [0.717, 1.165) is 11.3 Å². The number of halogens is 2. The SMILES string of the molecule is COCCCNC(=O)C1CCN(C(=O)C(C)Sc2cc(Cl)ccc2Cl)CC1. The average Bonchev–Trinajstić information content (AvgIpc) is 2.67. The van der Waals surface area contributed by atoms with Crippen molar-refractivity contribution in [2.24, 2.45) is 5.92 Å². The summed E-state index contributed by atoms with van der Waals surface area (Å²) in [5.74, 6) is 0.114. The molecule has 1 atom stereocenters. The second-order valence-corrected chi connectivity index (χ2v) is 8.80. The highest BCUT2D eigenvalue weighted by atomic mass is 35.5. The van der Waals surface area contributed by atoms with Crippen LogP contribution in [-0.4, -0.2) is 55.3 Å². The van der Waals surface area contributed by atoms with Crippen LogP contribution in [0.5, 0.6) is 0 Å². The zero-order valence-electron chi connectivity index (χ0n) is 15.7. The molecule has 0 radical (unpaired) electrons. The molecule has 0 spiro atoms. The Balaban J connectivity index is 1.80. The van der Waals surface area contributed by atoms with Gasteiger partial charge in [-0.15, -0.1) is 11.8 Å². The molecule has 1 aromatic rings. The Hall–Kier alpha value is -0.950. The Labute approximate surface area is 175 Å². The van der Waals surface area contributed by atoms with Crippen LogP contribution in [0.4, 0.5) is 0 Å². The lowest BCUT2D eigenvalue weighted by Crippen LogP contribution is -2.45. The Bertz CT molecular complexity index is 652. The van der Waals surface area contributed by atoms with E-state index in [9.17, 15) is 9.59 Å². The van der Waals surface area contributed by atoms with Crippen LogP contribution in [0.25, 0.3) is 0 Å². The van der Waals surface area contributed by atoms with Gasteiger partial charge in [-0.25, -0.2) is 0 Å². The lowest BCUT2D eigenvalue weighted by atomic mass is 9.95. The first kappa shape index (κ1) is 22.3. The van der Waals surface area contributed by atoms with Gasteiger partial charge in [-0.3, -0.25) is 9.59 Å². The molecule has 1 heterocycles. The maximum atomic E-state index is 12.7. The summed E-state index contributed by atoms with van der Waals surface area (Å²) < 4.78 is 4.98. The third kappa shape index (κ3) is 6.86. The number of benzene rings is 1. The third-order valence-electron chi connectivity index (χ3n) is 4.55. The quantitative estimate of drug-likeness (QED) is 0.500. The maximum Gasteiger partial charge on any atom is 0.235 e. The standard InChI is InChI=1S/C19H26Cl2N2O3S/c1-13(27-17-12-15(20)4-5-16(17)21)19(25)23-9-6-14(7-10-23)18(24)22-8-3-11-26-2/h4-5,12-14H,3,6-11H2,1-2H3,(H,22,24). The summed E-state index contributed by atoms with van der Waals surface area (Å²) >= 11 is 13.6. The molecule has 1 saturated heterocycles. The molecule has 5 nitrogen and oxygen atoms in total. The van der Waals surface area contributed by atoms with Gasteiger partial charge in [0.15, 0.2) is 0 Å². The third-order valence-corrected chi connectivity index (χ3v) is 6.37. The van der Waals surface area contributed by atoms with Crippen molar-refractivity contribution in [1.29, 1.82) is 0 Å². The molecule has 2 amide bonds. The molecular weight excluding hydrogens is 407 g/mol. The number of likely N-dealkylation sites (tertiary alicyclic amines) is 1. The molecule has 8 heteroatoms. The molecule has 1 aliphatic heterocycles. The lowest BCUT2D eigenvalue weighted by Gasteiger charge is -2.33. The maximum absolute atomic E-state index is 12.7. The molecule has 1 aliphatic rings. The van der Waals surface area contributed by atoms with E-state index in [4.69, 9.17) is 27.9 Å². The number of ether oxygens (including phenoxy) is 1. The molecule has 1 N–H and O–H groups in total. The zero-order valence-corrected chi connectivity index (χ0v) is 18.0. The fraction of sp³-hybridized carbons (Fsp3) is 0.579. The van der Waals surface area contributed by atoms with Gasteiger partial charge in [0.05, 0.1) is 10.3 Å². The molecule has 2 rings (SSSR count). The minimum Gasteiger partial charge on any atom is -0.385 e. The second kappa shape index (κ2) is 11.1. The van der Waals surface area contributed by atoms with Crippen molar-refractivity contribution >= 4 is 46.8 Å². The summed E-state index contributed by atoms with van der Waals surface area (Å²) in [6, 6.07) is 5.24. The largest absolute Gasteiger partial charge is 0.385 e. The monoisotopic (exact) mass is 432 g/mol. The van der Waals surface area contributed by atoms with Crippen LogP contribution in [0.1, 0.15) is 26.2 Å². The number of hydrogen-bond donors (Lipinski definition) is 1. The molecule has 27 heavy (non-hydrogen) atoms. The topological polar surface area (TPSA) is 58.6 Å². The molecule has 0 aromatic heterocycles. The van der Waals surface area contributed by atoms with Crippen molar-refractivity contribution in [1.82, 2.24) is 10.2 Å². The zero-order chi connectivity index (χ0) is 19.8. The number of piperidine rings is 1. The molecule has 1 aromatic carbocycles. The number of carbonyl (C=O) groups is 2. The van der Waals surface area contributed by atoms with Crippen molar-refractivity contribution in [2.75, 3.05) is 33.4 Å². The van der Waals surface area contributed by atoms with Gasteiger partial charge in [-0.2, -0.15) is 0 Å². The van der Waals surface area contributed by atoms with Crippen molar-refractivity contribution in [2.45, 2.75) is 36.3 Å². The normalized spacial score (nSPS) is 16.2. The minimum absolute atomic E-state index is 0.0260. The highest BCUT2D eigenvalue weighted by molar-refractivity contribution is 8.00. The summed E-state index contributed by atoms with van der Waals surface area (Å²) in [5, 5.41) is 3.87. The van der Waals surface area contributed by atoms with Gasteiger partial charge in [0.1, 0.15) is 0 Å². The van der Waals surface area contributed by atoms with Crippen molar-refractivity contribution < 1.29 is 14.3 Å². The van der Waals surface area contributed by atoms with Gasteiger partial charge in [0, 0.05) is 49.2 Å². The molecule has 150 valence electrons. The highest BCUT2D eigenvalue weighted by Gasteiger charge is 2.29. The smallest absolute Gasteiger partial charge is 0.235 e. The van der Waals surface area contributed by atoms with Gasteiger partial charge in [0.2, 0.25) is 11.8 Å². The number of nitrogens with one attached hydrogen (secondary N) is 1. The van der Waals surface area contributed by atoms with E-state index >= 15 is 0 Å². The van der Waals surface area contributed by atoms with Crippen LogP contribution >= 0.6 is 35.0 Å². The van der Waals surface area contributed by atoms with Crippen molar-refractivity contribution in [3.05, 3.63) is 28.2 Å². The van der Waals surface area contributed by atoms with Gasteiger partial charge >= 0.3 is 0 Å². The fourth-order valence-electron chi connectivity index (χ4n) is 3.00. The first-order valence-electron chi connectivity index (χ1n) is 9.09. The van der Waals surface area contributed by atoms with Crippen LogP contribution in [0.2, 0.25) is 10.0 Å². The Kier molecular flexibility index (Phi) is 9.22. The summed E-state index contributed by atoms with van der Waals surface area (Å²) in [4.78, 5) is 27.6. The van der Waals surface area contributed by atoms with Gasteiger partial charge in [-0.05, 0) is 44.4 Å². The van der Waals surface area contributed by atoms with E-state index in [1.165, 1.54) is 11.8 Å². The minimum atomic E-state index is -0.264. The molecule has 0 saturated carbocycles. The second-order valence-electron chi connectivity index (χ2n) is 6.57. The molecule has 0 aliphatic carbocycles. The molecule has 1 fully saturated rings. The van der Waals surface area contributed by atoms with Gasteiger partial charge < -0.3 is 15.0 Å². The van der Waals surface area contributed by atoms with Crippen LogP contribution in [0.15, 0.2) is 23.1 Å². The van der Waals surface area contributed by atoms with E-state index < -0.39 is 0 Å². The van der Waals surface area contributed by atoms with Crippen LogP contribution in [-0.2, 0) is 14.3 Å². The molecular formula is C19H26Cl2N2O3S. The lowest BCUT2D eigenvalue weighted by molar-refractivity contribution is -0.135. The summed E-state index contributed by atoms with van der Waals surface area (Å²) in [7, 11) is 1.65. The summed E-state index contributed by atoms with van der Waals surface area (Å²) in [6.45, 7) is 4.34. The number of thioether (sulfide) groups is 1. The highest BCUT2D eigenvalue weighted by Crippen LogP contribution is 2.33. The van der Waals surface area contributed by atoms with Crippen LogP contribution in [0.3, 0.4) is 0 Å². The number of hydrogen-bond acceptors (Lipinski definition) is 4. The van der Waals surface area contributed by atoms with E-state index in [1.54, 1.807) is 25.3 Å². The van der Waals surface area contributed by atoms with Crippen molar-refractivity contribution in [3.8, 4) is 0 Å². The van der Waals surface area contributed by atoms with E-state index in [1.807, 2.05) is 11.8 Å². The summed E-state index contributed by atoms with van der Waals surface area (Å²) in [6.07, 6.45) is 2.19. The van der Waals surface area contributed by atoms with Gasteiger partial charge in [0.25, 0.3) is 0 Å². The number of methoxy groups -OCH3 is 1. The number of nitrogens with zero attached hydrogens (tertiary/aromatic N) is 1. The molecule has 0 bridgehead atoms. The van der Waals surface area contributed by atoms with Crippen LogP contribution in [0, 0.1) is 5.92 Å². The van der Waals surface area contributed by atoms with Crippen LogP contribution < -0.4 is 5.32 Å². The predicted octanol–water partition coefficient (Wildman–Crippen LogP) is 3.87.